The van der Waals surface area contributed by atoms with E-state index in [0.717, 1.165) is 6.42 Å². The maximum absolute atomic E-state index is 13.2. The maximum Gasteiger partial charge on any atom is 0.309 e. The molecule has 4 heteroatoms. The zero-order chi connectivity index (χ0) is 12.0. The third kappa shape index (κ3) is 3.53. The minimum absolute atomic E-state index is 0.00407. The molecule has 0 saturated carbocycles. The van der Waals surface area contributed by atoms with Crippen LogP contribution < -0.4 is 4.74 Å². The Balaban J connectivity index is 2.55. The highest BCUT2D eigenvalue weighted by Gasteiger charge is 2.17. The smallest absolute Gasteiger partial charge is 0.309 e. The van der Waals surface area contributed by atoms with Crippen LogP contribution in [0, 0.1) is 11.7 Å². The molecule has 0 bridgehead atoms. The van der Waals surface area contributed by atoms with Crippen LogP contribution in [0.15, 0.2) is 24.3 Å². The van der Waals surface area contributed by atoms with Crippen molar-refractivity contribution in [2.24, 2.45) is 5.92 Å². The van der Waals surface area contributed by atoms with E-state index < -0.39 is 17.7 Å². The first-order valence-electron chi connectivity index (χ1n) is 5.25. The van der Waals surface area contributed by atoms with Gasteiger partial charge in [0.2, 0.25) is 0 Å². The molecule has 1 unspecified atom stereocenters. The highest BCUT2D eigenvalue weighted by atomic mass is 19.1. The number of benzene rings is 1. The summed E-state index contributed by atoms with van der Waals surface area (Å²) in [6.07, 6.45) is 1.29. The quantitative estimate of drug-likeness (QED) is 0.811. The second-order valence-electron chi connectivity index (χ2n) is 3.57. The molecule has 0 aliphatic heterocycles. The first-order valence-corrected chi connectivity index (χ1v) is 5.25. The topological polar surface area (TPSA) is 46.5 Å². The first-order chi connectivity index (χ1) is 7.65. The molecule has 0 aliphatic carbocycles. The summed E-state index contributed by atoms with van der Waals surface area (Å²) in [6, 6.07) is 5.97. The summed E-state index contributed by atoms with van der Waals surface area (Å²) in [5.41, 5.74) is 0. The molecule has 1 aromatic rings. The van der Waals surface area contributed by atoms with Gasteiger partial charge < -0.3 is 9.84 Å². The van der Waals surface area contributed by atoms with Crippen LogP contribution in [-0.2, 0) is 4.79 Å². The zero-order valence-corrected chi connectivity index (χ0v) is 9.15. The summed E-state index contributed by atoms with van der Waals surface area (Å²) >= 11 is 0. The fourth-order valence-corrected chi connectivity index (χ4v) is 1.38. The number of carbonyl (C=O) groups is 1. The molecule has 0 spiro atoms. The van der Waals surface area contributed by atoms with Crippen LogP contribution in [0.4, 0.5) is 4.39 Å². The highest BCUT2D eigenvalue weighted by Crippen LogP contribution is 2.17. The predicted octanol–water partition coefficient (Wildman–Crippen LogP) is 2.71. The number of carboxylic acid groups (broad SMARTS) is 1. The summed E-state index contributed by atoms with van der Waals surface area (Å²) in [4.78, 5) is 10.8. The number of para-hydroxylation sites is 1. The summed E-state index contributed by atoms with van der Waals surface area (Å²) < 4.78 is 18.3. The summed E-state index contributed by atoms with van der Waals surface area (Å²) in [5, 5.41) is 8.88. The summed E-state index contributed by atoms with van der Waals surface area (Å²) in [5.74, 6) is -1.85. The Bertz CT molecular complexity index is 352. The van der Waals surface area contributed by atoms with E-state index in [9.17, 15) is 9.18 Å². The van der Waals surface area contributed by atoms with Crippen molar-refractivity contribution in [3.8, 4) is 5.75 Å². The molecular formula is C12H15FO3. The number of halogens is 1. The Morgan fingerprint density at radius 1 is 1.50 bits per heavy atom. The lowest BCUT2D eigenvalue weighted by Crippen LogP contribution is -2.21. The lowest BCUT2D eigenvalue weighted by molar-refractivity contribution is -0.143. The van der Waals surface area contributed by atoms with E-state index >= 15 is 0 Å². The van der Waals surface area contributed by atoms with E-state index in [1.54, 1.807) is 12.1 Å². The van der Waals surface area contributed by atoms with Crippen molar-refractivity contribution in [1.82, 2.24) is 0 Å². The number of hydrogen-bond acceptors (Lipinski definition) is 2. The van der Waals surface area contributed by atoms with Gasteiger partial charge in [-0.3, -0.25) is 4.79 Å². The zero-order valence-electron chi connectivity index (χ0n) is 9.15. The Morgan fingerprint density at radius 2 is 2.19 bits per heavy atom. The van der Waals surface area contributed by atoms with Crippen molar-refractivity contribution >= 4 is 5.97 Å². The lowest BCUT2D eigenvalue weighted by atomic mass is 10.1. The minimum Gasteiger partial charge on any atom is -0.490 e. The average molecular weight is 226 g/mol. The Morgan fingerprint density at radius 3 is 2.75 bits per heavy atom. The van der Waals surface area contributed by atoms with Crippen molar-refractivity contribution in [2.75, 3.05) is 6.61 Å². The lowest BCUT2D eigenvalue weighted by Gasteiger charge is -2.12. The molecule has 1 rings (SSSR count). The van der Waals surface area contributed by atoms with Crippen molar-refractivity contribution in [1.29, 1.82) is 0 Å². The van der Waals surface area contributed by atoms with Crippen LogP contribution in [0.25, 0.3) is 0 Å². The Labute approximate surface area is 93.9 Å². The van der Waals surface area contributed by atoms with Crippen LogP contribution in [-0.4, -0.2) is 17.7 Å². The van der Waals surface area contributed by atoms with Gasteiger partial charge in [-0.2, -0.15) is 0 Å². The molecule has 1 atom stereocenters. The molecule has 0 heterocycles. The number of carboxylic acids is 1. The Hall–Kier alpha value is -1.58. The molecular weight excluding hydrogens is 211 g/mol. The van der Waals surface area contributed by atoms with Crippen LogP contribution in [0.2, 0.25) is 0 Å². The van der Waals surface area contributed by atoms with Gasteiger partial charge >= 0.3 is 5.97 Å². The number of aliphatic carboxylic acids is 1. The molecule has 3 nitrogen and oxygen atoms in total. The third-order valence-corrected chi connectivity index (χ3v) is 2.26. The number of hydrogen-bond donors (Lipinski definition) is 1. The Kier molecular flexibility index (Phi) is 4.76. The van der Waals surface area contributed by atoms with Crippen molar-refractivity contribution in [3.05, 3.63) is 30.1 Å². The summed E-state index contributed by atoms with van der Waals surface area (Å²) in [6.45, 7) is 1.91. The van der Waals surface area contributed by atoms with Crippen LogP contribution in [0.5, 0.6) is 5.75 Å². The van der Waals surface area contributed by atoms with Crippen LogP contribution in [0.1, 0.15) is 19.8 Å². The van der Waals surface area contributed by atoms with Gasteiger partial charge in [-0.1, -0.05) is 25.5 Å². The van der Waals surface area contributed by atoms with Gasteiger partial charge in [-0.15, -0.1) is 0 Å². The van der Waals surface area contributed by atoms with Crippen LogP contribution in [0.3, 0.4) is 0 Å². The molecule has 1 aromatic carbocycles. The predicted molar refractivity (Wildman–Crippen MR) is 57.9 cm³/mol. The summed E-state index contributed by atoms with van der Waals surface area (Å²) in [7, 11) is 0. The number of rotatable bonds is 6. The molecule has 0 fully saturated rings. The molecule has 0 aromatic heterocycles. The molecule has 1 N–H and O–H groups in total. The average Bonchev–Trinajstić information content (AvgIpc) is 2.26. The number of ether oxygens (including phenoxy) is 1. The van der Waals surface area contributed by atoms with Gasteiger partial charge in [0.1, 0.15) is 6.61 Å². The fraction of sp³-hybridized carbons (Fsp3) is 0.417. The molecule has 88 valence electrons. The van der Waals surface area contributed by atoms with Gasteiger partial charge in [0.25, 0.3) is 0 Å². The second kappa shape index (κ2) is 6.10. The maximum atomic E-state index is 13.2. The highest BCUT2D eigenvalue weighted by molar-refractivity contribution is 5.70. The van der Waals surface area contributed by atoms with Crippen molar-refractivity contribution < 1.29 is 19.0 Å². The van der Waals surface area contributed by atoms with Gasteiger partial charge in [-0.05, 0) is 18.6 Å². The fourth-order valence-electron chi connectivity index (χ4n) is 1.38. The van der Waals surface area contributed by atoms with Gasteiger partial charge in [0, 0.05) is 0 Å². The van der Waals surface area contributed by atoms with E-state index in [4.69, 9.17) is 9.84 Å². The van der Waals surface area contributed by atoms with Gasteiger partial charge in [-0.25, -0.2) is 4.39 Å². The van der Waals surface area contributed by atoms with Crippen LogP contribution >= 0.6 is 0 Å². The second-order valence-corrected chi connectivity index (χ2v) is 3.57. The molecule has 0 amide bonds. The third-order valence-electron chi connectivity index (χ3n) is 2.26. The van der Waals surface area contributed by atoms with Crippen molar-refractivity contribution in [3.63, 3.8) is 0 Å². The minimum atomic E-state index is -0.904. The molecule has 0 radical (unpaired) electrons. The first kappa shape index (κ1) is 12.5. The van der Waals surface area contributed by atoms with E-state index in [2.05, 4.69) is 0 Å². The molecule has 0 saturated heterocycles. The normalized spacial score (nSPS) is 12.1. The van der Waals surface area contributed by atoms with E-state index in [-0.39, 0.29) is 12.4 Å². The SMILES string of the molecule is CCCC(COc1ccccc1F)C(=O)O. The van der Waals surface area contributed by atoms with Gasteiger partial charge in [0.15, 0.2) is 11.6 Å². The molecule has 16 heavy (non-hydrogen) atoms. The molecule has 0 aliphatic rings. The van der Waals surface area contributed by atoms with Gasteiger partial charge in [0.05, 0.1) is 5.92 Å². The standard InChI is InChI=1S/C12H15FO3/c1-2-5-9(12(14)15)8-16-11-7-4-3-6-10(11)13/h3-4,6-7,9H,2,5,8H2,1H3,(H,14,15). The van der Waals surface area contributed by atoms with Crippen molar-refractivity contribution in [2.45, 2.75) is 19.8 Å². The monoisotopic (exact) mass is 226 g/mol. The van der Waals surface area contributed by atoms with E-state index in [0.29, 0.717) is 6.42 Å². The largest absolute Gasteiger partial charge is 0.490 e. The van der Waals surface area contributed by atoms with E-state index in [1.807, 2.05) is 6.92 Å². The van der Waals surface area contributed by atoms with E-state index in [1.165, 1.54) is 12.1 Å².